The first-order valence-corrected chi connectivity index (χ1v) is 8.64. The maximum atomic E-state index is 12.6. The molecule has 0 bridgehead atoms. The van der Waals surface area contributed by atoms with Crippen LogP contribution in [0.25, 0.3) is 0 Å². The zero-order valence-electron chi connectivity index (χ0n) is 13.7. The number of likely N-dealkylation sites (tertiary alicyclic amines) is 1. The monoisotopic (exact) mass is 317 g/mol. The van der Waals surface area contributed by atoms with Crippen LogP contribution in [-0.2, 0) is 4.79 Å². The van der Waals surface area contributed by atoms with Gasteiger partial charge in [0.05, 0.1) is 10.8 Å². The van der Waals surface area contributed by atoms with Gasteiger partial charge in [0.2, 0.25) is 5.91 Å². The molecule has 0 unspecified atom stereocenters. The third-order valence-corrected chi connectivity index (χ3v) is 5.23. The van der Waals surface area contributed by atoms with Crippen molar-refractivity contribution in [2.24, 2.45) is 5.92 Å². The molecule has 1 atom stereocenters. The molecular weight excluding hydrogens is 294 g/mol. The van der Waals surface area contributed by atoms with E-state index in [1.54, 1.807) is 0 Å². The van der Waals surface area contributed by atoms with E-state index < -0.39 is 0 Å². The van der Waals surface area contributed by atoms with Crippen molar-refractivity contribution in [1.29, 1.82) is 5.26 Å². The summed E-state index contributed by atoms with van der Waals surface area (Å²) in [5.74, 6) is 0.861. The molecule has 0 N–H and O–H groups in total. The molecule has 118 valence electrons. The highest BCUT2D eigenvalue weighted by Crippen LogP contribution is 2.29. The smallest absolute Gasteiger partial charge is 0.235 e. The van der Waals surface area contributed by atoms with Crippen LogP contribution < -0.4 is 0 Å². The number of rotatable bonds is 3. The lowest BCUT2D eigenvalue weighted by Crippen LogP contribution is -2.41. The van der Waals surface area contributed by atoms with Gasteiger partial charge in [-0.1, -0.05) is 18.7 Å². The van der Waals surface area contributed by atoms with E-state index in [0.29, 0.717) is 16.5 Å². The Morgan fingerprint density at radius 2 is 2.09 bits per heavy atom. The van der Waals surface area contributed by atoms with Crippen LogP contribution >= 0.6 is 11.8 Å². The van der Waals surface area contributed by atoms with Crippen LogP contribution in [0.15, 0.2) is 11.1 Å². The first-order chi connectivity index (χ1) is 10.4. The Kier molecular flexibility index (Phi) is 5.47. The van der Waals surface area contributed by atoms with Gasteiger partial charge in [0.15, 0.2) is 0 Å². The van der Waals surface area contributed by atoms with Gasteiger partial charge in [-0.15, -0.1) is 0 Å². The maximum Gasteiger partial charge on any atom is 0.235 e. The van der Waals surface area contributed by atoms with E-state index in [1.165, 1.54) is 11.8 Å². The maximum absolute atomic E-state index is 12.6. The fourth-order valence-electron chi connectivity index (χ4n) is 2.73. The highest BCUT2D eigenvalue weighted by atomic mass is 32.2. The molecule has 2 heterocycles. The molecule has 1 aromatic heterocycles. The fraction of sp³-hybridized carbons (Fsp3) is 0.588. The van der Waals surface area contributed by atoms with E-state index in [4.69, 9.17) is 0 Å². The fourth-order valence-corrected chi connectivity index (χ4v) is 3.83. The number of amides is 1. The summed E-state index contributed by atoms with van der Waals surface area (Å²) in [6, 6.07) is 4.12. The van der Waals surface area contributed by atoms with Crippen molar-refractivity contribution >= 4 is 17.7 Å². The molecule has 0 radical (unpaired) electrons. The van der Waals surface area contributed by atoms with Crippen LogP contribution in [0.5, 0.6) is 0 Å². The Morgan fingerprint density at radius 1 is 1.45 bits per heavy atom. The summed E-state index contributed by atoms with van der Waals surface area (Å²) < 4.78 is 0. The molecule has 22 heavy (non-hydrogen) atoms. The predicted molar refractivity (Wildman–Crippen MR) is 88.7 cm³/mol. The molecule has 4 nitrogen and oxygen atoms in total. The van der Waals surface area contributed by atoms with Gasteiger partial charge in [-0.25, -0.2) is 4.98 Å². The van der Waals surface area contributed by atoms with Gasteiger partial charge in [-0.05, 0) is 51.2 Å². The molecule has 1 saturated heterocycles. The van der Waals surface area contributed by atoms with Crippen LogP contribution in [0, 0.1) is 31.1 Å². The second-order valence-corrected chi connectivity index (χ2v) is 7.47. The molecule has 0 saturated carbocycles. The average molecular weight is 317 g/mol. The highest BCUT2D eigenvalue weighted by molar-refractivity contribution is 8.00. The summed E-state index contributed by atoms with van der Waals surface area (Å²) in [6.07, 6.45) is 2.16. The molecule has 0 spiro atoms. The second-order valence-electron chi connectivity index (χ2n) is 6.14. The number of aryl methyl sites for hydroxylation is 2. The molecule has 1 amide bonds. The Balaban J connectivity index is 2.10. The van der Waals surface area contributed by atoms with Gasteiger partial charge < -0.3 is 4.90 Å². The lowest BCUT2D eigenvalue weighted by molar-refractivity contribution is -0.131. The quantitative estimate of drug-likeness (QED) is 0.803. The minimum absolute atomic E-state index is 0.154. The number of piperidine rings is 1. The minimum Gasteiger partial charge on any atom is -0.342 e. The summed E-state index contributed by atoms with van der Waals surface area (Å²) in [6.45, 7) is 9.66. The van der Waals surface area contributed by atoms with Gasteiger partial charge in [0.25, 0.3) is 0 Å². The number of carbonyl (C=O) groups is 1. The van der Waals surface area contributed by atoms with Crippen molar-refractivity contribution in [2.45, 2.75) is 50.8 Å². The molecule has 2 rings (SSSR count). The van der Waals surface area contributed by atoms with Crippen molar-refractivity contribution in [3.8, 4) is 6.07 Å². The summed E-state index contributed by atoms with van der Waals surface area (Å²) in [5.41, 5.74) is 2.39. The molecule has 5 heteroatoms. The summed E-state index contributed by atoms with van der Waals surface area (Å²) in [7, 11) is 0. The number of hydrogen-bond donors (Lipinski definition) is 0. The molecular formula is C17H23N3OS. The number of nitriles is 1. The third kappa shape index (κ3) is 3.80. The van der Waals surface area contributed by atoms with E-state index in [9.17, 15) is 10.1 Å². The summed E-state index contributed by atoms with van der Waals surface area (Å²) in [4.78, 5) is 19.0. The van der Waals surface area contributed by atoms with Crippen molar-refractivity contribution in [3.05, 3.63) is 22.9 Å². The molecule has 1 fully saturated rings. The standard InChI is InChI=1S/C17H23N3OS/c1-11-5-7-20(8-6-11)17(21)14(4)22-16-15(10-18)12(2)9-13(3)19-16/h9,11,14H,5-8H2,1-4H3/t14-/m1/s1. The Labute approximate surface area is 136 Å². The van der Waals surface area contributed by atoms with E-state index in [2.05, 4.69) is 18.0 Å². The van der Waals surface area contributed by atoms with Gasteiger partial charge in [0.1, 0.15) is 11.1 Å². The van der Waals surface area contributed by atoms with Gasteiger partial charge in [-0.2, -0.15) is 5.26 Å². The zero-order valence-corrected chi connectivity index (χ0v) is 14.5. The van der Waals surface area contributed by atoms with Crippen molar-refractivity contribution in [2.75, 3.05) is 13.1 Å². The molecule has 0 aliphatic carbocycles. The Bertz CT molecular complexity index is 601. The topological polar surface area (TPSA) is 57.0 Å². The van der Waals surface area contributed by atoms with E-state index in [-0.39, 0.29) is 11.2 Å². The van der Waals surface area contributed by atoms with Crippen molar-refractivity contribution in [1.82, 2.24) is 9.88 Å². The lowest BCUT2D eigenvalue weighted by Gasteiger charge is -2.32. The molecule has 0 aromatic carbocycles. The average Bonchev–Trinajstić information content (AvgIpc) is 2.47. The third-order valence-electron chi connectivity index (χ3n) is 4.15. The molecule has 1 aliphatic heterocycles. The number of aromatic nitrogens is 1. The van der Waals surface area contributed by atoms with Crippen molar-refractivity contribution in [3.63, 3.8) is 0 Å². The lowest BCUT2D eigenvalue weighted by atomic mass is 9.99. The first-order valence-electron chi connectivity index (χ1n) is 7.76. The van der Waals surface area contributed by atoms with Gasteiger partial charge in [0, 0.05) is 18.8 Å². The van der Waals surface area contributed by atoms with E-state index in [0.717, 1.165) is 37.2 Å². The second kappa shape index (κ2) is 7.15. The van der Waals surface area contributed by atoms with E-state index in [1.807, 2.05) is 31.7 Å². The highest BCUT2D eigenvalue weighted by Gasteiger charge is 2.26. The van der Waals surface area contributed by atoms with Crippen LogP contribution in [0.3, 0.4) is 0 Å². The van der Waals surface area contributed by atoms with Crippen LogP contribution in [0.4, 0.5) is 0 Å². The van der Waals surface area contributed by atoms with Gasteiger partial charge >= 0.3 is 0 Å². The van der Waals surface area contributed by atoms with Gasteiger partial charge in [-0.3, -0.25) is 4.79 Å². The molecule has 1 aliphatic rings. The number of carbonyl (C=O) groups excluding carboxylic acids is 1. The van der Waals surface area contributed by atoms with E-state index >= 15 is 0 Å². The van der Waals surface area contributed by atoms with Crippen LogP contribution in [0.1, 0.15) is 43.5 Å². The number of nitrogens with zero attached hydrogens (tertiary/aromatic N) is 3. The summed E-state index contributed by atoms with van der Waals surface area (Å²) >= 11 is 1.40. The Morgan fingerprint density at radius 3 is 2.68 bits per heavy atom. The minimum atomic E-state index is -0.214. The number of hydrogen-bond acceptors (Lipinski definition) is 4. The van der Waals surface area contributed by atoms with Crippen molar-refractivity contribution < 1.29 is 4.79 Å². The number of pyridine rings is 1. The SMILES string of the molecule is Cc1cc(C)c(C#N)c(S[C@H](C)C(=O)N2CCC(C)CC2)n1. The zero-order chi connectivity index (χ0) is 16.3. The largest absolute Gasteiger partial charge is 0.342 e. The first kappa shape index (κ1) is 16.8. The number of thioether (sulfide) groups is 1. The predicted octanol–water partition coefficient (Wildman–Crippen LogP) is 3.31. The normalized spacial score (nSPS) is 17.1. The summed E-state index contributed by atoms with van der Waals surface area (Å²) in [5, 5.41) is 9.78. The van der Waals surface area contributed by atoms with Crippen LogP contribution in [0.2, 0.25) is 0 Å². The molecule has 1 aromatic rings. The van der Waals surface area contributed by atoms with Crippen LogP contribution in [-0.4, -0.2) is 34.1 Å². The Hall–Kier alpha value is -1.54.